The fraction of sp³-hybridized carbons (Fsp3) is 0.611. The lowest BCUT2D eigenvalue weighted by atomic mass is 9.98. The van der Waals surface area contributed by atoms with Gasteiger partial charge in [-0.3, -0.25) is 24.9 Å². The number of nitrogens with two attached hydrogens (primary N) is 1. The molecule has 4 rings (SSSR count). The smallest absolute Gasteiger partial charge is 0.226 e. The molecule has 2 saturated heterocycles. The van der Waals surface area contributed by atoms with Gasteiger partial charge in [0.05, 0.1) is 18.8 Å². The van der Waals surface area contributed by atoms with Gasteiger partial charge < -0.3 is 19.9 Å². The summed E-state index contributed by atoms with van der Waals surface area (Å²) in [5.41, 5.74) is 10.4. The molecule has 0 aliphatic carbocycles. The number of carbonyl (C=O) groups is 1. The van der Waals surface area contributed by atoms with E-state index >= 15 is 0 Å². The van der Waals surface area contributed by atoms with Crippen LogP contribution < -0.4 is 15.8 Å². The van der Waals surface area contributed by atoms with Crippen LogP contribution in [0.4, 0.5) is 0 Å². The van der Waals surface area contributed by atoms with Crippen LogP contribution in [-0.4, -0.2) is 93.0 Å². The molecule has 9 nitrogen and oxygen atoms in total. The molecule has 45 heavy (non-hydrogen) atoms. The monoisotopic (exact) mass is 621 g/mol. The average Bonchev–Trinajstić information content (AvgIpc) is 3.03. The highest BCUT2D eigenvalue weighted by Crippen LogP contribution is 2.32. The van der Waals surface area contributed by atoms with E-state index in [0.29, 0.717) is 50.8 Å². The molecular weight excluding hydrogens is 566 g/mol. The average molecular weight is 622 g/mol. The van der Waals surface area contributed by atoms with Crippen LogP contribution in [0.3, 0.4) is 0 Å². The van der Waals surface area contributed by atoms with Crippen molar-refractivity contribution in [2.75, 3.05) is 53.0 Å². The molecule has 2 aromatic rings. The van der Waals surface area contributed by atoms with Gasteiger partial charge in [-0.1, -0.05) is 49.7 Å². The van der Waals surface area contributed by atoms with Crippen molar-refractivity contribution in [1.82, 2.24) is 15.1 Å². The minimum atomic E-state index is -0.135. The first-order valence-electron chi connectivity index (χ1n) is 16.9. The van der Waals surface area contributed by atoms with Crippen LogP contribution in [0.15, 0.2) is 47.5 Å². The molecule has 0 bridgehead atoms. The number of methoxy groups -OCH3 is 1. The molecule has 0 radical (unpaired) electrons. The number of morpholine rings is 1. The van der Waals surface area contributed by atoms with Crippen molar-refractivity contribution >= 4 is 11.9 Å². The van der Waals surface area contributed by atoms with Gasteiger partial charge in [0.15, 0.2) is 5.96 Å². The van der Waals surface area contributed by atoms with Crippen molar-refractivity contribution < 1.29 is 19.0 Å². The van der Waals surface area contributed by atoms with Crippen LogP contribution in [0.5, 0.6) is 5.75 Å². The standard InChI is InChI=1S/C36H55N5O4/c1-5-6-18-38-36(37)39-35(42)15-11-29-10-14-33(34(23-29)44-22-7-21-43-4)31-12-8-30(9-13-31)26-40-19-16-32(17-20-40)41-24-27(2)45-28(3)25-41/h8-10,12-14,23,27-28,32H,5-7,11,15-22,24-26H2,1-4H3,(H3,37,38,39,42). The summed E-state index contributed by atoms with van der Waals surface area (Å²) in [4.78, 5) is 21.9. The summed E-state index contributed by atoms with van der Waals surface area (Å²) in [5.74, 6) is 0.881. The number of hydrogen-bond donors (Lipinski definition) is 2. The van der Waals surface area contributed by atoms with Crippen LogP contribution >= 0.6 is 0 Å². The third-order valence-electron chi connectivity index (χ3n) is 8.69. The Hall–Kier alpha value is -2.98. The highest BCUT2D eigenvalue weighted by atomic mass is 16.5. The third-order valence-corrected chi connectivity index (χ3v) is 8.69. The van der Waals surface area contributed by atoms with Crippen molar-refractivity contribution in [3.05, 3.63) is 53.6 Å². The SMILES string of the molecule is CCCCN=C(N)NC(=O)CCc1ccc(-c2ccc(CN3CCC(N4CC(C)OC(C)C4)CC3)cc2)c(OCCCOC)c1. The molecule has 2 unspecified atom stereocenters. The van der Waals surface area contributed by atoms with E-state index in [-0.39, 0.29) is 11.9 Å². The zero-order chi connectivity index (χ0) is 32.0. The predicted octanol–water partition coefficient (Wildman–Crippen LogP) is 5.01. The van der Waals surface area contributed by atoms with Gasteiger partial charge in [-0.25, -0.2) is 0 Å². The molecule has 2 aliphatic heterocycles. The number of likely N-dealkylation sites (tertiary alicyclic amines) is 1. The van der Waals surface area contributed by atoms with Crippen molar-refractivity contribution in [2.45, 2.75) is 90.5 Å². The maximum Gasteiger partial charge on any atom is 0.226 e. The largest absolute Gasteiger partial charge is 0.493 e. The molecule has 2 fully saturated rings. The van der Waals surface area contributed by atoms with Gasteiger partial charge >= 0.3 is 0 Å². The van der Waals surface area contributed by atoms with Crippen molar-refractivity contribution in [2.24, 2.45) is 10.7 Å². The summed E-state index contributed by atoms with van der Waals surface area (Å²) in [6.45, 7) is 13.6. The van der Waals surface area contributed by atoms with E-state index in [1.165, 1.54) is 18.4 Å². The molecule has 1 amide bonds. The van der Waals surface area contributed by atoms with Crippen LogP contribution in [0, 0.1) is 0 Å². The number of rotatable bonds is 15. The normalized spacial score (nSPS) is 20.3. The molecule has 2 atom stereocenters. The number of nitrogens with zero attached hydrogens (tertiary/aromatic N) is 3. The fourth-order valence-corrected chi connectivity index (χ4v) is 6.33. The minimum Gasteiger partial charge on any atom is -0.493 e. The maximum absolute atomic E-state index is 12.4. The first-order valence-corrected chi connectivity index (χ1v) is 16.9. The highest BCUT2D eigenvalue weighted by molar-refractivity contribution is 5.96. The molecule has 9 heteroatoms. The highest BCUT2D eigenvalue weighted by Gasteiger charge is 2.30. The van der Waals surface area contributed by atoms with E-state index in [9.17, 15) is 4.79 Å². The summed E-state index contributed by atoms with van der Waals surface area (Å²) in [6, 6.07) is 15.8. The second-order valence-electron chi connectivity index (χ2n) is 12.6. The number of piperidine rings is 1. The molecule has 2 aromatic carbocycles. The molecule has 0 spiro atoms. The number of aliphatic imine (C=N–C) groups is 1. The zero-order valence-electron chi connectivity index (χ0n) is 27.9. The van der Waals surface area contributed by atoms with Crippen molar-refractivity contribution in [3.63, 3.8) is 0 Å². The van der Waals surface area contributed by atoms with E-state index in [2.05, 4.69) is 83.3 Å². The number of guanidine groups is 1. The van der Waals surface area contributed by atoms with Gasteiger partial charge in [0.25, 0.3) is 0 Å². The Kier molecular flexibility index (Phi) is 14.1. The Morgan fingerprint density at radius 1 is 1.02 bits per heavy atom. The topological polar surface area (TPSA) is 102 Å². The molecular formula is C36H55N5O4. The number of aryl methyl sites for hydroxylation is 1. The molecule has 3 N–H and O–H groups in total. The molecule has 2 heterocycles. The zero-order valence-corrected chi connectivity index (χ0v) is 27.9. The first kappa shape index (κ1) is 34.9. The fourth-order valence-electron chi connectivity index (χ4n) is 6.33. The van der Waals surface area contributed by atoms with E-state index < -0.39 is 0 Å². The van der Waals surface area contributed by atoms with Crippen molar-refractivity contribution in [3.8, 4) is 16.9 Å². The quantitative estimate of drug-likeness (QED) is 0.164. The summed E-state index contributed by atoms with van der Waals surface area (Å²) < 4.78 is 17.4. The van der Waals surface area contributed by atoms with E-state index in [1.807, 2.05) is 0 Å². The van der Waals surface area contributed by atoms with E-state index in [4.69, 9.17) is 19.9 Å². The Morgan fingerprint density at radius 3 is 2.42 bits per heavy atom. The van der Waals surface area contributed by atoms with Crippen molar-refractivity contribution in [1.29, 1.82) is 0 Å². The van der Waals surface area contributed by atoms with E-state index in [0.717, 1.165) is 74.4 Å². The lowest BCUT2D eigenvalue weighted by molar-refractivity contribution is -0.119. The number of nitrogens with one attached hydrogen (secondary N) is 1. The number of hydrogen-bond acceptors (Lipinski definition) is 7. The second-order valence-corrected chi connectivity index (χ2v) is 12.6. The maximum atomic E-state index is 12.4. The molecule has 0 saturated carbocycles. The molecule has 2 aliphatic rings. The van der Waals surface area contributed by atoms with Crippen LogP contribution in [0.25, 0.3) is 11.1 Å². The van der Waals surface area contributed by atoms with E-state index in [1.54, 1.807) is 7.11 Å². The number of benzene rings is 2. The Morgan fingerprint density at radius 2 is 1.73 bits per heavy atom. The van der Waals surface area contributed by atoms with Gasteiger partial charge in [-0.05, 0) is 75.4 Å². The number of carbonyl (C=O) groups excluding carboxylic acids is 1. The number of amides is 1. The Bertz CT molecular complexity index is 1200. The third kappa shape index (κ3) is 11.4. The van der Waals surface area contributed by atoms with Crippen LogP contribution in [-0.2, 0) is 27.2 Å². The van der Waals surface area contributed by atoms with Gasteiger partial charge in [0.2, 0.25) is 5.91 Å². The van der Waals surface area contributed by atoms with Gasteiger partial charge in [-0.2, -0.15) is 0 Å². The predicted molar refractivity (Wildman–Crippen MR) is 182 cm³/mol. The summed E-state index contributed by atoms with van der Waals surface area (Å²) in [5, 5.41) is 2.70. The van der Waals surface area contributed by atoms with Gasteiger partial charge in [0.1, 0.15) is 5.75 Å². The Labute approximate surface area is 270 Å². The van der Waals surface area contributed by atoms with Crippen LogP contribution in [0.1, 0.15) is 70.4 Å². The lowest BCUT2D eigenvalue weighted by Crippen LogP contribution is -2.53. The second kappa shape index (κ2) is 18.2. The number of ether oxygens (including phenoxy) is 3. The molecule has 0 aromatic heterocycles. The molecule has 248 valence electrons. The minimum absolute atomic E-state index is 0.135. The lowest BCUT2D eigenvalue weighted by Gasteiger charge is -2.43. The number of unbranched alkanes of at least 4 members (excludes halogenated alkanes) is 1. The summed E-state index contributed by atoms with van der Waals surface area (Å²) in [6.07, 6.45) is 6.78. The van der Waals surface area contributed by atoms with Crippen LogP contribution in [0.2, 0.25) is 0 Å². The first-order chi connectivity index (χ1) is 21.8. The summed E-state index contributed by atoms with van der Waals surface area (Å²) >= 11 is 0. The van der Waals surface area contributed by atoms with Gasteiger partial charge in [0, 0.05) is 64.3 Å². The Balaban J connectivity index is 1.33. The summed E-state index contributed by atoms with van der Waals surface area (Å²) in [7, 11) is 1.70. The van der Waals surface area contributed by atoms with Gasteiger partial charge in [-0.15, -0.1) is 0 Å².